The van der Waals surface area contributed by atoms with Gasteiger partial charge in [0, 0.05) is 12.5 Å². The number of aliphatic carboxylic acids is 1. The highest BCUT2D eigenvalue weighted by Gasteiger charge is 2.06. The highest BCUT2D eigenvalue weighted by Crippen LogP contribution is 2.23. The number of nitrogens with two attached hydrogens (primary N) is 1. The molecule has 1 rings (SSSR count). The summed E-state index contributed by atoms with van der Waals surface area (Å²) in [6.07, 6.45) is 2.66. The van der Waals surface area contributed by atoms with Crippen LogP contribution >= 0.6 is 0 Å². The fourth-order valence-electron chi connectivity index (χ4n) is 2.08. The molecular formula is C16H26N2O3. The van der Waals surface area contributed by atoms with Gasteiger partial charge in [-0.3, -0.25) is 4.79 Å². The number of nitrogen functional groups attached to an aromatic ring is 1. The largest absolute Gasteiger partial charge is 0.491 e. The Kier molecular flexibility index (Phi) is 7.61. The molecule has 0 saturated carbocycles. The van der Waals surface area contributed by atoms with E-state index in [4.69, 9.17) is 15.6 Å². The second-order valence-electron chi connectivity index (χ2n) is 5.28. The minimum absolute atomic E-state index is 0.204. The topological polar surface area (TPSA) is 84.6 Å². The lowest BCUT2D eigenvalue weighted by molar-refractivity contribution is -0.137. The molecule has 1 aromatic rings. The molecule has 0 radical (unpaired) electrons. The van der Waals surface area contributed by atoms with Gasteiger partial charge in [-0.15, -0.1) is 0 Å². The van der Waals surface area contributed by atoms with Crippen LogP contribution in [0.5, 0.6) is 5.75 Å². The minimum Gasteiger partial charge on any atom is -0.491 e. The molecule has 1 atom stereocenters. The Morgan fingerprint density at radius 2 is 2.24 bits per heavy atom. The van der Waals surface area contributed by atoms with Crippen molar-refractivity contribution in [3.05, 3.63) is 23.8 Å². The second-order valence-corrected chi connectivity index (χ2v) is 5.28. The van der Waals surface area contributed by atoms with E-state index in [1.54, 1.807) is 0 Å². The molecule has 0 aromatic heterocycles. The summed E-state index contributed by atoms with van der Waals surface area (Å²) in [4.78, 5) is 10.4. The summed E-state index contributed by atoms with van der Waals surface area (Å²) in [5, 5.41) is 11.9. The van der Waals surface area contributed by atoms with E-state index in [2.05, 4.69) is 19.2 Å². The van der Waals surface area contributed by atoms with Gasteiger partial charge < -0.3 is 20.9 Å². The summed E-state index contributed by atoms with van der Waals surface area (Å²) in [6.45, 7) is 5.52. The number of carboxylic acids is 1. The summed E-state index contributed by atoms with van der Waals surface area (Å²) >= 11 is 0. The number of anilines is 1. The van der Waals surface area contributed by atoms with Crippen LogP contribution in [0.2, 0.25) is 0 Å². The lowest BCUT2D eigenvalue weighted by Gasteiger charge is -2.15. The lowest BCUT2D eigenvalue weighted by atomic mass is 10.1. The normalized spacial score (nSPS) is 12.1. The van der Waals surface area contributed by atoms with E-state index in [1.807, 2.05) is 18.2 Å². The minimum atomic E-state index is -0.750. The molecule has 0 heterocycles. The predicted octanol–water partition coefficient (Wildman–Crippen LogP) is 2.44. The van der Waals surface area contributed by atoms with Crippen molar-refractivity contribution in [2.45, 2.75) is 45.6 Å². The van der Waals surface area contributed by atoms with Crippen molar-refractivity contribution < 1.29 is 14.6 Å². The van der Waals surface area contributed by atoms with Crippen molar-refractivity contribution in [1.29, 1.82) is 0 Å². The predicted molar refractivity (Wildman–Crippen MR) is 84.7 cm³/mol. The molecule has 0 aliphatic carbocycles. The maximum atomic E-state index is 10.4. The van der Waals surface area contributed by atoms with Gasteiger partial charge in [0.05, 0.1) is 12.3 Å². The molecular weight excluding hydrogens is 268 g/mol. The number of hydrogen-bond donors (Lipinski definition) is 3. The maximum absolute atomic E-state index is 10.4. The van der Waals surface area contributed by atoms with Crippen molar-refractivity contribution in [3.8, 4) is 5.75 Å². The molecule has 118 valence electrons. The molecule has 0 fully saturated rings. The van der Waals surface area contributed by atoms with Gasteiger partial charge >= 0.3 is 5.97 Å². The molecule has 0 aliphatic rings. The third kappa shape index (κ3) is 6.99. The Morgan fingerprint density at radius 1 is 1.48 bits per heavy atom. The number of carbonyl (C=O) groups is 1. The number of rotatable bonds is 10. The van der Waals surface area contributed by atoms with E-state index < -0.39 is 5.97 Å². The molecule has 5 nitrogen and oxygen atoms in total. The summed E-state index contributed by atoms with van der Waals surface area (Å²) < 4.78 is 5.55. The van der Waals surface area contributed by atoms with Crippen LogP contribution in [0.25, 0.3) is 0 Å². The number of benzene rings is 1. The quantitative estimate of drug-likeness (QED) is 0.456. The third-order valence-corrected chi connectivity index (χ3v) is 3.14. The molecule has 0 bridgehead atoms. The van der Waals surface area contributed by atoms with Crippen molar-refractivity contribution in [2.75, 3.05) is 18.9 Å². The lowest BCUT2D eigenvalue weighted by Crippen LogP contribution is -2.29. The first-order valence-corrected chi connectivity index (χ1v) is 7.49. The average molecular weight is 294 g/mol. The Balaban J connectivity index is 2.40. The number of carboxylic acid groups (broad SMARTS) is 1. The number of hydrogen-bond acceptors (Lipinski definition) is 4. The van der Waals surface area contributed by atoms with E-state index in [0.29, 0.717) is 25.3 Å². The van der Waals surface area contributed by atoms with E-state index in [0.717, 1.165) is 24.2 Å². The highest BCUT2D eigenvalue weighted by molar-refractivity contribution is 5.66. The third-order valence-electron chi connectivity index (χ3n) is 3.14. The van der Waals surface area contributed by atoms with Gasteiger partial charge in [0.15, 0.2) is 0 Å². The smallest absolute Gasteiger partial charge is 0.303 e. The van der Waals surface area contributed by atoms with Gasteiger partial charge in [-0.25, -0.2) is 0 Å². The van der Waals surface area contributed by atoms with Crippen molar-refractivity contribution >= 4 is 11.7 Å². The number of nitrogens with one attached hydrogen (secondary N) is 1. The standard InChI is InChI=1S/C16H26N2O3/c1-3-9-21-15-7-6-13(11-14(15)17)10-12(2)18-8-4-5-16(19)20/h6-7,11-12,18H,3-5,8-10,17H2,1-2H3,(H,19,20). The Morgan fingerprint density at radius 3 is 2.86 bits per heavy atom. The fraction of sp³-hybridized carbons (Fsp3) is 0.562. The Bertz CT molecular complexity index is 449. The van der Waals surface area contributed by atoms with E-state index in [9.17, 15) is 4.79 Å². The van der Waals surface area contributed by atoms with Gasteiger partial charge in [-0.1, -0.05) is 13.0 Å². The molecule has 1 unspecified atom stereocenters. The van der Waals surface area contributed by atoms with E-state index in [1.165, 1.54) is 0 Å². The van der Waals surface area contributed by atoms with Gasteiger partial charge in [0.25, 0.3) is 0 Å². The molecule has 1 aromatic carbocycles. The summed E-state index contributed by atoms with van der Waals surface area (Å²) in [6, 6.07) is 6.16. The molecule has 0 saturated heterocycles. The van der Waals surface area contributed by atoms with Crippen LogP contribution in [-0.4, -0.2) is 30.3 Å². The van der Waals surface area contributed by atoms with Crippen LogP contribution in [0, 0.1) is 0 Å². The van der Waals surface area contributed by atoms with Crippen LogP contribution in [0.15, 0.2) is 18.2 Å². The van der Waals surface area contributed by atoms with Gasteiger partial charge in [0.2, 0.25) is 0 Å². The second kappa shape index (κ2) is 9.23. The molecule has 0 spiro atoms. The Labute approximate surface area is 126 Å². The van der Waals surface area contributed by atoms with Gasteiger partial charge in [-0.2, -0.15) is 0 Å². The molecule has 4 N–H and O–H groups in total. The summed E-state index contributed by atoms with van der Waals surface area (Å²) in [5.74, 6) is -0.0115. The van der Waals surface area contributed by atoms with Crippen LogP contribution in [0.1, 0.15) is 38.7 Å². The van der Waals surface area contributed by atoms with Crippen LogP contribution in [-0.2, 0) is 11.2 Å². The molecule has 0 aliphatic heterocycles. The first-order valence-electron chi connectivity index (χ1n) is 7.49. The van der Waals surface area contributed by atoms with E-state index in [-0.39, 0.29) is 12.5 Å². The van der Waals surface area contributed by atoms with E-state index >= 15 is 0 Å². The molecule has 21 heavy (non-hydrogen) atoms. The first kappa shape index (κ1) is 17.3. The number of ether oxygens (including phenoxy) is 1. The monoisotopic (exact) mass is 294 g/mol. The highest BCUT2D eigenvalue weighted by atomic mass is 16.5. The van der Waals surface area contributed by atoms with Crippen LogP contribution in [0.3, 0.4) is 0 Å². The van der Waals surface area contributed by atoms with Crippen molar-refractivity contribution in [3.63, 3.8) is 0 Å². The van der Waals surface area contributed by atoms with Gasteiger partial charge in [0.1, 0.15) is 5.75 Å². The maximum Gasteiger partial charge on any atom is 0.303 e. The molecule has 0 amide bonds. The zero-order valence-corrected chi connectivity index (χ0v) is 12.9. The first-order chi connectivity index (χ1) is 10.0. The summed E-state index contributed by atoms with van der Waals surface area (Å²) in [5.41, 5.74) is 7.80. The Hall–Kier alpha value is -1.75. The zero-order valence-electron chi connectivity index (χ0n) is 12.9. The van der Waals surface area contributed by atoms with Gasteiger partial charge in [-0.05, 0) is 50.4 Å². The van der Waals surface area contributed by atoms with Crippen LogP contribution in [0.4, 0.5) is 5.69 Å². The zero-order chi connectivity index (χ0) is 15.7. The SMILES string of the molecule is CCCOc1ccc(CC(C)NCCCC(=O)O)cc1N. The van der Waals surface area contributed by atoms with Crippen LogP contribution < -0.4 is 15.8 Å². The van der Waals surface area contributed by atoms with Crippen molar-refractivity contribution in [2.24, 2.45) is 0 Å². The summed E-state index contributed by atoms with van der Waals surface area (Å²) in [7, 11) is 0. The average Bonchev–Trinajstić information content (AvgIpc) is 2.42. The fourth-order valence-corrected chi connectivity index (χ4v) is 2.08. The van der Waals surface area contributed by atoms with Crippen molar-refractivity contribution in [1.82, 2.24) is 5.32 Å². The molecule has 5 heteroatoms.